The molecule has 0 amide bonds. The molecule has 0 saturated heterocycles. The molecule has 2 atom stereocenters. The van der Waals surface area contributed by atoms with Crippen molar-refractivity contribution in [2.24, 2.45) is 0 Å². The van der Waals surface area contributed by atoms with E-state index >= 15 is 0 Å². The van der Waals surface area contributed by atoms with E-state index in [0.717, 1.165) is 31.2 Å². The zero-order valence-electron chi connectivity index (χ0n) is 10.5. The van der Waals surface area contributed by atoms with Gasteiger partial charge in [0.15, 0.2) is 11.6 Å². The molecule has 0 bridgehead atoms. The van der Waals surface area contributed by atoms with E-state index in [-0.39, 0.29) is 18.0 Å². The number of ether oxygens (including phenoxy) is 2. The van der Waals surface area contributed by atoms with Gasteiger partial charge in [-0.3, -0.25) is 0 Å². The third kappa shape index (κ3) is 3.45. The summed E-state index contributed by atoms with van der Waals surface area (Å²) in [6.07, 6.45) is 4.27. The van der Waals surface area contributed by atoms with Gasteiger partial charge >= 0.3 is 0 Å². The highest BCUT2D eigenvalue weighted by molar-refractivity contribution is 9.08. The third-order valence-electron chi connectivity index (χ3n) is 3.36. The lowest BCUT2D eigenvalue weighted by atomic mass is 9.95. The number of alkyl halides is 1. The van der Waals surface area contributed by atoms with Crippen molar-refractivity contribution in [2.45, 2.75) is 43.2 Å². The van der Waals surface area contributed by atoms with E-state index in [2.05, 4.69) is 15.9 Å². The summed E-state index contributed by atoms with van der Waals surface area (Å²) in [5, 5.41) is 0.652. The van der Waals surface area contributed by atoms with Crippen LogP contribution in [0.3, 0.4) is 0 Å². The second-order valence-electron chi connectivity index (χ2n) is 4.66. The van der Waals surface area contributed by atoms with Crippen LogP contribution in [0.2, 0.25) is 0 Å². The van der Waals surface area contributed by atoms with Gasteiger partial charge in [0.2, 0.25) is 0 Å². The van der Waals surface area contributed by atoms with Crippen LogP contribution in [0.4, 0.5) is 4.39 Å². The maximum atomic E-state index is 13.8. The molecular weight excluding hydrogens is 299 g/mol. The van der Waals surface area contributed by atoms with Crippen molar-refractivity contribution in [3.63, 3.8) is 0 Å². The first kappa shape index (κ1) is 13.8. The highest BCUT2D eigenvalue weighted by Crippen LogP contribution is 2.27. The molecule has 100 valence electrons. The minimum absolute atomic E-state index is 0.0630. The lowest BCUT2D eigenvalue weighted by molar-refractivity contribution is 0.0197. The fourth-order valence-electron chi connectivity index (χ4n) is 2.33. The van der Waals surface area contributed by atoms with Gasteiger partial charge in [-0.15, -0.1) is 0 Å². The molecule has 1 aliphatic carbocycles. The highest BCUT2D eigenvalue weighted by atomic mass is 79.9. The Kier molecular flexibility index (Phi) is 5.01. The maximum Gasteiger partial charge on any atom is 0.165 e. The zero-order valence-corrected chi connectivity index (χ0v) is 12.1. The summed E-state index contributed by atoms with van der Waals surface area (Å²) in [4.78, 5) is 0. The molecule has 1 aliphatic rings. The van der Waals surface area contributed by atoms with Crippen LogP contribution in [-0.4, -0.2) is 19.3 Å². The van der Waals surface area contributed by atoms with E-state index < -0.39 is 0 Å². The maximum absolute atomic E-state index is 13.8. The molecule has 1 saturated carbocycles. The lowest BCUT2D eigenvalue weighted by Crippen LogP contribution is -2.29. The summed E-state index contributed by atoms with van der Waals surface area (Å²) in [6.45, 7) is 0. The van der Waals surface area contributed by atoms with Crippen molar-refractivity contribution in [3.8, 4) is 5.75 Å². The first-order chi connectivity index (χ1) is 8.72. The average Bonchev–Trinajstić information content (AvgIpc) is 2.41. The number of hydrogen-bond donors (Lipinski definition) is 0. The van der Waals surface area contributed by atoms with Crippen LogP contribution in [0.1, 0.15) is 31.2 Å². The zero-order chi connectivity index (χ0) is 13.0. The van der Waals surface area contributed by atoms with Crippen LogP contribution in [0.25, 0.3) is 0 Å². The molecule has 18 heavy (non-hydrogen) atoms. The summed E-state index contributed by atoms with van der Waals surface area (Å²) in [5.41, 5.74) is 0.915. The molecule has 0 aliphatic heterocycles. The highest BCUT2D eigenvalue weighted by Gasteiger charge is 2.23. The van der Waals surface area contributed by atoms with Crippen molar-refractivity contribution < 1.29 is 13.9 Å². The number of benzene rings is 1. The fourth-order valence-corrected chi connectivity index (χ4v) is 2.67. The Hall–Kier alpha value is -0.610. The standard InChI is InChI=1S/C14H18BrFO2/c1-17-11-3-2-4-12(8-11)18-14-6-5-10(9-15)7-13(14)16/h5-7,11-12H,2-4,8-9H2,1H3. The molecule has 0 N–H and O–H groups in total. The number of halogens is 2. The lowest BCUT2D eigenvalue weighted by Gasteiger charge is -2.28. The smallest absolute Gasteiger partial charge is 0.165 e. The second kappa shape index (κ2) is 6.53. The van der Waals surface area contributed by atoms with Gasteiger partial charge < -0.3 is 9.47 Å². The van der Waals surface area contributed by atoms with Gasteiger partial charge in [0.1, 0.15) is 6.10 Å². The summed E-state index contributed by atoms with van der Waals surface area (Å²) in [6, 6.07) is 5.10. The van der Waals surface area contributed by atoms with Crippen LogP contribution >= 0.6 is 15.9 Å². The predicted molar refractivity (Wildman–Crippen MR) is 72.7 cm³/mol. The molecule has 0 heterocycles. The van der Waals surface area contributed by atoms with Crippen LogP contribution in [0, 0.1) is 5.82 Å². The molecule has 0 spiro atoms. The van der Waals surface area contributed by atoms with E-state index in [1.165, 1.54) is 6.07 Å². The molecule has 2 nitrogen and oxygen atoms in total. The molecule has 1 aromatic carbocycles. The fraction of sp³-hybridized carbons (Fsp3) is 0.571. The first-order valence-electron chi connectivity index (χ1n) is 6.26. The average molecular weight is 317 g/mol. The Morgan fingerprint density at radius 1 is 1.33 bits per heavy atom. The molecular formula is C14H18BrFO2. The Morgan fingerprint density at radius 3 is 2.78 bits per heavy atom. The van der Waals surface area contributed by atoms with Gasteiger partial charge in [0.25, 0.3) is 0 Å². The van der Waals surface area contributed by atoms with Gasteiger partial charge in [0.05, 0.1) is 6.10 Å². The van der Waals surface area contributed by atoms with Crippen molar-refractivity contribution in [1.82, 2.24) is 0 Å². The van der Waals surface area contributed by atoms with Gasteiger partial charge in [-0.25, -0.2) is 4.39 Å². The van der Waals surface area contributed by atoms with E-state index in [4.69, 9.17) is 9.47 Å². The SMILES string of the molecule is COC1CCCC(Oc2ccc(CBr)cc2F)C1. The second-order valence-corrected chi connectivity index (χ2v) is 5.22. The van der Waals surface area contributed by atoms with E-state index in [0.29, 0.717) is 11.1 Å². The van der Waals surface area contributed by atoms with Gasteiger partial charge in [0, 0.05) is 18.9 Å². The van der Waals surface area contributed by atoms with Crippen LogP contribution in [-0.2, 0) is 10.1 Å². The van der Waals surface area contributed by atoms with Crippen molar-refractivity contribution in [3.05, 3.63) is 29.6 Å². The largest absolute Gasteiger partial charge is 0.487 e. The van der Waals surface area contributed by atoms with E-state index in [9.17, 15) is 4.39 Å². The van der Waals surface area contributed by atoms with Gasteiger partial charge in [-0.05, 0) is 37.0 Å². The van der Waals surface area contributed by atoms with Crippen LogP contribution in [0.5, 0.6) is 5.75 Å². The Labute approximate surface area is 116 Å². The summed E-state index contributed by atoms with van der Waals surface area (Å²) < 4.78 is 24.9. The first-order valence-corrected chi connectivity index (χ1v) is 7.39. The quantitative estimate of drug-likeness (QED) is 0.780. The molecule has 1 aromatic rings. The van der Waals surface area contributed by atoms with Crippen molar-refractivity contribution in [2.75, 3.05) is 7.11 Å². The molecule has 2 unspecified atom stereocenters. The number of rotatable bonds is 4. The topological polar surface area (TPSA) is 18.5 Å². The molecule has 0 aromatic heterocycles. The Morgan fingerprint density at radius 2 is 2.11 bits per heavy atom. The summed E-state index contributed by atoms with van der Waals surface area (Å²) in [5.74, 6) is 0.0629. The van der Waals surface area contributed by atoms with Gasteiger partial charge in [-0.2, -0.15) is 0 Å². The monoisotopic (exact) mass is 316 g/mol. The normalized spacial score (nSPS) is 23.9. The summed E-state index contributed by atoms with van der Waals surface area (Å²) >= 11 is 3.31. The predicted octanol–water partition coefficient (Wildman–Crippen LogP) is 4.06. The Balaban J connectivity index is 2.00. The number of hydrogen-bond acceptors (Lipinski definition) is 2. The minimum Gasteiger partial charge on any atom is -0.487 e. The van der Waals surface area contributed by atoms with Crippen LogP contribution < -0.4 is 4.74 Å². The van der Waals surface area contributed by atoms with E-state index in [1.807, 2.05) is 6.07 Å². The molecule has 4 heteroatoms. The number of methoxy groups -OCH3 is 1. The molecule has 2 rings (SSSR count). The Bertz CT molecular complexity index is 397. The minimum atomic E-state index is -0.286. The van der Waals surface area contributed by atoms with Crippen LogP contribution in [0.15, 0.2) is 18.2 Å². The summed E-state index contributed by atoms with van der Waals surface area (Å²) in [7, 11) is 1.72. The molecule has 1 fully saturated rings. The van der Waals surface area contributed by atoms with Crippen molar-refractivity contribution >= 4 is 15.9 Å². The van der Waals surface area contributed by atoms with E-state index in [1.54, 1.807) is 13.2 Å². The van der Waals surface area contributed by atoms with Crippen molar-refractivity contribution in [1.29, 1.82) is 0 Å². The molecule has 0 radical (unpaired) electrons. The van der Waals surface area contributed by atoms with Gasteiger partial charge in [-0.1, -0.05) is 22.0 Å². The third-order valence-corrected chi connectivity index (χ3v) is 4.00.